The quantitative estimate of drug-likeness (QED) is 0.345. The number of pyridine rings is 2. The van der Waals surface area contributed by atoms with Gasteiger partial charge in [0.1, 0.15) is 5.69 Å². The lowest BCUT2D eigenvalue weighted by Crippen LogP contribution is -2.24. The van der Waals surface area contributed by atoms with Crippen LogP contribution in [-0.2, 0) is 12.5 Å². The molecule has 0 saturated heterocycles. The number of aliphatic hydroxyl groups is 1. The highest BCUT2D eigenvalue weighted by Gasteiger charge is 2.29. The number of hydrazone groups is 1. The molecule has 0 saturated carbocycles. The third-order valence-corrected chi connectivity index (χ3v) is 6.88. The van der Waals surface area contributed by atoms with Crippen LogP contribution in [0.15, 0.2) is 53.9 Å². The van der Waals surface area contributed by atoms with Crippen molar-refractivity contribution in [2.45, 2.75) is 44.8 Å². The topological polar surface area (TPSA) is 105 Å². The van der Waals surface area contributed by atoms with Crippen molar-refractivity contribution >= 4 is 29.4 Å². The molecule has 1 aliphatic heterocycles. The number of rotatable bonds is 7. The van der Waals surface area contributed by atoms with Crippen molar-refractivity contribution in [3.8, 4) is 11.1 Å². The van der Waals surface area contributed by atoms with Gasteiger partial charge in [-0.3, -0.25) is 9.99 Å². The fraction of sp³-hybridized carbons (Fsp3) is 0.308. The van der Waals surface area contributed by atoms with E-state index in [1.807, 2.05) is 36.5 Å². The molecule has 4 heterocycles. The molecule has 37 heavy (non-hydrogen) atoms. The Balaban J connectivity index is 1.47. The summed E-state index contributed by atoms with van der Waals surface area (Å²) in [6, 6.07) is 10.3. The minimum absolute atomic E-state index is 0.0744. The van der Waals surface area contributed by atoms with Crippen LogP contribution in [0.1, 0.15) is 54.6 Å². The Labute approximate surface area is 217 Å². The van der Waals surface area contributed by atoms with Crippen LogP contribution >= 0.6 is 11.6 Å². The Morgan fingerprint density at radius 3 is 2.70 bits per heavy atom. The number of nitrogens with two attached hydrogens (primary N) is 1. The molecule has 5 rings (SSSR count). The molecule has 0 bridgehead atoms. The lowest BCUT2D eigenvalue weighted by atomic mass is 9.96. The van der Waals surface area contributed by atoms with E-state index in [0.29, 0.717) is 22.8 Å². The van der Waals surface area contributed by atoms with E-state index in [4.69, 9.17) is 17.3 Å². The molecule has 8 nitrogen and oxygen atoms in total. The Morgan fingerprint density at radius 1 is 1.22 bits per heavy atom. The number of halogens is 3. The van der Waals surface area contributed by atoms with Gasteiger partial charge in [-0.15, -0.1) is 5.10 Å². The fourth-order valence-corrected chi connectivity index (χ4v) is 4.86. The summed E-state index contributed by atoms with van der Waals surface area (Å²) < 4.78 is 28.8. The summed E-state index contributed by atoms with van der Waals surface area (Å²) in [5.74, 6) is -2.93. The zero-order chi connectivity index (χ0) is 26.3. The molecule has 0 spiro atoms. The van der Waals surface area contributed by atoms with Gasteiger partial charge in [-0.2, -0.15) is 18.9 Å². The van der Waals surface area contributed by atoms with Crippen LogP contribution in [-0.4, -0.2) is 42.5 Å². The van der Waals surface area contributed by atoms with Crippen LogP contribution in [0.25, 0.3) is 16.8 Å². The zero-order valence-corrected chi connectivity index (χ0v) is 21.1. The number of hydrogen-bond donors (Lipinski definition) is 2. The summed E-state index contributed by atoms with van der Waals surface area (Å²) in [7, 11) is 0. The lowest BCUT2D eigenvalue weighted by Gasteiger charge is -2.27. The number of benzene rings is 1. The Bertz CT molecular complexity index is 1470. The highest BCUT2D eigenvalue weighted by atomic mass is 35.5. The third-order valence-electron chi connectivity index (χ3n) is 6.55. The molecule has 2 atom stereocenters. The minimum atomic E-state index is -2.99. The molecule has 1 aliphatic rings. The van der Waals surface area contributed by atoms with Crippen LogP contribution in [0.4, 0.5) is 14.7 Å². The summed E-state index contributed by atoms with van der Waals surface area (Å²) in [4.78, 5) is 8.36. The van der Waals surface area contributed by atoms with E-state index in [0.717, 1.165) is 35.6 Å². The molecular weight excluding hydrogens is 500 g/mol. The van der Waals surface area contributed by atoms with E-state index in [1.165, 1.54) is 12.3 Å². The maximum Gasteiger partial charge on any atom is 0.286 e. The largest absolute Gasteiger partial charge is 0.392 e. The van der Waals surface area contributed by atoms with Gasteiger partial charge in [0.25, 0.3) is 5.92 Å². The summed E-state index contributed by atoms with van der Waals surface area (Å²) in [5.41, 5.74) is 10.1. The molecule has 192 valence electrons. The van der Waals surface area contributed by atoms with Gasteiger partial charge < -0.3 is 10.8 Å². The first kappa shape index (κ1) is 25.0. The van der Waals surface area contributed by atoms with Gasteiger partial charge >= 0.3 is 0 Å². The van der Waals surface area contributed by atoms with Crippen LogP contribution in [0.2, 0.25) is 5.02 Å². The Kier molecular flexibility index (Phi) is 6.55. The molecule has 0 fully saturated rings. The number of hydrogen-bond acceptors (Lipinski definition) is 7. The average molecular weight is 526 g/mol. The van der Waals surface area contributed by atoms with Crippen LogP contribution in [0.3, 0.4) is 0 Å². The standard InChI is InChI=1S/C26H26ClF2N7O/c1-3-22(16-5-7-23(31-10-16)26(2,28)29)35-13-18(11-32-35)17-9-20(24-33-25(30)34-36(24)12-17)19-8-15(14-37)4-6-21(19)27/h4-12,18,22,37H,3,13-14H2,1-2H3,(H2,30,34). The van der Waals surface area contributed by atoms with Crippen LogP contribution < -0.4 is 5.73 Å². The van der Waals surface area contributed by atoms with Gasteiger partial charge in [0, 0.05) is 54.1 Å². The van der Waals surface area contributed by atoms with E-state index >= 15 is 0 Å². The molecule has 4 aromatic rings. The summed E-state index contributed by atoms with van der Waals surface area (Å²) >= 11 is 6.54. The maximum absolute atomic E-state index is 13.6. The van der Waals surface area contributed by atoms with E-state index in [2.05, 4.69) is 20.2 Å². The van der Waals surface area contributed by atoms with Gasteiger partial charge in [0.15, 0.2) is 5.65 Å². The zero-order valence-electron chi connectivity index (χ0n) is 20.3. The predicted octanol–water partition coefficient (Wildman–Crippen LogP) is 5.17. The van der Waals surface area contributed by atoms with Gasteiger partial charge in [-0.25, -0.2) is 4.52 Å². The van der Waals surface area contributed by atoms with Crippen LogP contribution in [0.5, 0.6) is 0 Å². The third kappa shape index (κ3) is 4.86. The van der Waals surface area contributed by atoms with E-state index in [1.54, 1.807) is 22.7 Å². The van der Waals surface area contributed by atoms with Crippen molar-refractivity contribution in [3.63, 3.8) is 0 Å². The van der Waals surface area contributed by atoms with Gasteiger partial charge in [-0.1, -0.05) is 30.7 Å². The minimum Gasteiger partial charge on any atom is -0.392 e. The van der Waals surface area contributed by atoms with Gasteiger partial charge in [0.05, 0.1) is 12.6 Å². The first-order valence-corrected chi connectivity index (χ1v) is 12.3. The van der Waals surface area contributed by atoms with Crippen molar-refractivity contribution in [1.82, 2.24) is 24.6 Å². The second-order valence-corrected chi connectivity index (χ2v) is 9.59. The number of aromatic nitrogens is 4. The smallest absolute Gasteiger partial charge is 0.286 e. The monoisotopic (exact) mass is 525 g/mol. The highest BCUT2D eigenvalue weighted by Crippen LogP contribution is 2.36. The summed E-state index contributed by atoms with van der Waals surface area (Å²) in [6.07, 6.45) is 5.96. The SMILES string of the molecule is CCC(c1ccc(C(C)(F)F)nc1)N1CC(c2cc(-c3cc(CO)ccc3Cl)c3nc(N)nn3c2)C=N1. The first-order valence-electron chi connectivity index (χ1n) is 11.9. The molecule has 1 aromatic carbocycles. The second kappa shape index (κ2) is 9.68. The summed E-state index contributed by atoms with van der Waals surface area (Å²) in [6.45, 7) is 3.31. The van der Waals surface area contributed by atoms with Crippen molar-refractivity contribution in [2.75, 3.05) is 12.3 Å². The predicted molar refractivity (Wildman–Crippen MR) is 139 cm³/mol. The van der Waals surface area contributed by atoms with Crippen molar-refractivity contribution in [1.29, 1.82) is 0 Å². The first-order chi connectivity index (χ1) is 17.7. The fourth-order valence-electron chi connectivity index (χ4n) is 4.64. The molecule has 0 radical (unpaired) electrons. The molecule has 0 amide bonds. The normalized spacial score (nSPS) is 16.6. The lowest BCUT2D eigenvalue weighted by molar-refractivity contribution is 0.0127. The molecule has 11 heteroatoms. The Hall–Kier alpha value is -3.63. The molecule has 3 N–H and O–H groups in total. The van der Waals surface area contributed by atoms with E-state index < -0.39 is 5.92 Å². The number of aliphatic hydroxyl groups excluding tert-OH is 1. The average Bonchev–Trinajstić information content (AvgIpc) is 3.50. The molecular formula is C26H26ClF2N7O. The van der Waals surface area contributed by atoms with Crippen molar-refractivity contribution < 1.29 is 13.9 Å². The maximum atomic E-state index is 13.6. The van der Waals surface area contributed by atoms with Crippen LogP contribution in [0, 0.1) is 0 Å². The Morgan fingerprint density at radius 2 is 2.03 bits per heavy atom. The number of nitrogen functional groups attached to an aromatic ring is 1. The highest BCUT2D eigenvalue weighted by molar-refractivity contribution is 6.33. The van der Waals surface area contributed by atoms with E-state index in [9.17, 15) is 13.9 Å². The molecule has 2 unspecified atom stereocenters. The van der Waals surface area contributed by atoms with Gasteiger partial charge in [0.2, 0.25) is 5.95 Å². The van der Waals surface area contributed by atoms with Crippen molar-refractivity contribution in [3.05, 3.63) is 76.2 Å². The van der Waals surface area contributed by atoms with Crippen molar-refractivity contribution in [2.24, 2.45) is 5.10 Å². The van der Waals surface area contributed by atoms with Gasteiger partial charge in [-0.05, 0) is 47.4 Å². The van der Waals surface area contributed by atoms with E-state index in [-0.39, 0.29) is 30.2 Å². The summed E-state index contributed by atoms with van der Waals surface area (Å²) in [5, 5.41) is 21.1. The number of anilines is 1. The number of fused-ring (bicyclic) bond motifs is 1. The molecule has 3 aromatic heterocycles. The number of alkyl halides is 2. The second-order valence-electron chi connectivity index (χ2n) is 9.18. The number of nitrogens with zero attached hydrogens (tertiary/aromatic N) is 6. The molecule has 0 aliphatic carbocycles.